The number of fused-ring (bicyclic) bond motifs is 1. The number of aryl methyl sites for hydroxylation is 1. The first-order chi connectivity index (χ1) is 17.1. The van der Waals surface area contributed by atoms with Gasteiger partial charge in [0, 0.05) is 12.2 Å². The molecule has 1 aliphatic rings. The van der Waals surface area contributed by atoms with Gasteiger partial charge in [-0.2, -0.15) is 0 Å². The first kappa shape index (κ1) is 25.6. The Morgan fingerprint density at radius 3 is 2.56 bits per heavy atom. The molecular formula is C25H31N5O5S. The average Bonchev–Trinajstić information content (AvgIpc) is 3.17. The number of pyridine rings is 1. The number of esters is 1. The normalized spacial score (nSPS) is 17.9. The van der Waals surface area contributed by atoms with Crippen molar-refractivity contribution in [1.82, 2.24) is 20.3 Å². The molecule has 1 saturated carbocycles. The molecule has 0 bridgehead atoms. The predicted octanol–water partition coefficient (Wildman–Crippen LogP) is 5.14. The van der Waals surface area contributed by atoms with E-state index < -0.39 is 17.7 Å². The van der Waals surface area contributed by atoms with Crippen molar-refractivity contribution >= 4 is 45.1 Å². The van der Waals surface area contributed by atoms with Crippen molar-refractivity contribution in [3.05, 3.63) is 35.1 Å². The van der Waals surface area contributed by atoms with Gasteiger partial charge in [0.15, 0.2) is 0 Å². The second-order valence-electron chi connectivity index (χ2n) is 9.67. The van der Waals surface area contributed by atoms with Crippen LogP contribution in [0.2, 0.25) is 0 Å². The van der Waals surface area contributed by atoms with E-state index in [9.17, 15) is 9.59 Å². The summed E-state index contributed by atoms with van der Waals surface area (Å²) in [5.41, 5.74) is 0.897. The molecule has 2 N–H and O–H groups in total. The second-order valence-corrected chi connectivity index (χ2v) is 10.7. The molecule has 0 saturated heterocycles. The molecule has 3 aromatic heterocycles. The molecular weight excluding hydrogens is 482 g/mol. The summed E-state index contributed by atoms with van der Waals surface area (Å²) in [4.78, 5) is 38.6. The number of ether oxygens (including phenoxy) is 3. The number of thiophene rings is 1. The van der Waals surface area contributed by atoms with Gasteiger partial charge in [0.05, 0.1) is 12.5 Å². The zero-order valence-electron chi connectivity index (χ0n) is 21.1. The third-order valence-corrected chi connectivity index (χ3v) is 6.98. The SMILES string of the molecule is COC(=O)c1sc2ncnc(Nc3cccnc3OC3CCC(NC(=O)OC(C)(C)C)CC3)c2c1C. The number of aromatic nitrogens is 3. The molecule has 3 heterocycles. The van der Waals surface area contributed by atoms with Gasteiger partial charge in [0.25, 0.3) is 0 Å². The number of hydrogen-bond acceptors (Lipinski definition) is 10. The number of amides is 1. The fourth-order valence-electron chi connectivity index (χ4n) is 4.12. The summed E-state index contributed by atoms with van der Waals surface area (Å²) in [6.07, 6.45) is 5.84. The number of nitrogens with zero attached hydrogens (tertiary/aromatic N) is 3. The number of alkyl carbamates (subject to hydrolysis) is 1. The maximum atomic E-state index is 12.2. The Bertz CT molecular complexity index is 1250. The lowest BCUT2D eigenvalue weighted by atomic mass is 9.93. The number of nitrogens with one attached hydrogen (secondary N) is 2. The maximum Gasteiger partial charge on any atom is 0.407 e. The standard InChI is InChI=1S/C25H31N5O5S/c1-14-18-20(27-13-28-22(18)36-19(14)23(31)33-5)30-17-7-6-12-26-21(17)34-16-10-8-15(9-11-16)29-24(32)35-25(2,3)4/h6-7,12-13,15-16H,8-11H2,1-5H3,(H,29,32)(H,27,28,30). The first-order valence-corrected chi connectivity index (χ1v) is 12.7. The molecule has 36 heavy (non-hydrogen) atoms. The third kappa shape index (κ3) is 6.01. The van der Waals surface area contributed by atoms with Crippen LogP contribution in [-0.4, -0.2) is 51.9 Å². The summed E-state index contributed by atoms with van der Waals surface area (Å²) in [6.45, 7) is 7.39. The van der Waals surface area contributed by atoms with E-state index in [1.54, 1.807) is 6.20 Å². The summed E-state index contributed by atoms with van der Waals surface area (Å²) in [5, 5.41) is 7.02. The molecule has 10 nitrogen and oxygen atoms in total. The highest BCUT2D eigenvalue weighted by molar-refractivity contribution is 7.20. The van der Waals surface area contributed by atoms with Crippen molar-refractivity contribution in [2.75, 3.05) is 12.4 Å². The summed E-state index contributed by atoms with van der Waals surface area (Å²) in [6, 6.07) is 3.74. The average molecular weight is 514 g/mol. The molecule has 0 unspecified atom stereocenters. The van der Waals surface area contributed by atoms with E-state index in [2.05, 4.69) is 25.6 Å². The van der Waals surface area contributed by atoms with Crippen molar-refractivity contribution in [1.29, 1.82) is 0 Å². The molecule has 0 radical (unpaired) electrons. The molecule has 1 amide bonds. The molecule has 192 valence electrons. The Morgan fingerprint density at radius 1 is 1.11 bits per heavy atom. The van der Waals surface area contributed by atoms with Crippen LogP contribution in [0, 0.1) is 6.92 Å². The van der Waals surface area contributed by atoms with Gasteiger partial charge in [-0.25, -0.2) is 24.5 Å². The minimum Gasteiger partial charge on any atom is -0.473 e. The minimum absolute atomic E-state index is 0.0311. The molecule has 4 rings (SSSR count). The Morgan fingerprint density at radius 2 is 1.86 bits per heavy atom. The van der Waals surface area contributed by atoms with Gasteiger partial charge in [0.2, 0.25) is 5.88 Å². The summed E-state index contributed by atoms with van der Waals surface area (Å²) in [5.74, 6) is 0.629. The number of carbonyl (C=O) groups excluding carboxylic acids is 2. The van der Waals surface area contributed by atoms with Gasteiger partial charge in [-0.15, -0.1) is 11.3 Å². The molecule has 1 fully saturated rings. The lowest BCUT2D eigenvalue weighted by Gasteiger charge is -2.30. The zero-order chi connectivity index (χ0) is 25.9. The van der Waals surface area contributed by atoms with Crippen LogP contribution in [0.3, 0.4) is 0 Å². The van der Waals surface area contributed by atoms with Crippen LogP contribution in [0.15, 0.2) is 24.7 Å². The van der Waals surface area contributed by atoms with Crippen LogP contribution in [0.4, 0.5) is 16.3 Å². The van der Waals surface area contributed by atoms with Crippen molar-refractivity contribution in [2.45, 2.75) is 71.1 Å². The minimum atomic E-state index is -0.523. The quantitative estimate of drug-likeness (QED) is 0.431. The topological polar surface area (TPSA) is 125 Å². The van der Waals surface area contributed by atoms with Crippen molar-refractivity contribution in [3.63, 3.8) is 0 Å². The molecule has 0 aromatic carbocycles. The number of rotatable bonds is 6. The third-order valence-electron chi connectivity index (χ3n) is 5.80. The molecule has 0 spiro atoms. The zero-order valence-corrected chi connectivity index (χ0v) is 21.9. The summed E-state index contributed by atoms with van der Waals surface area (Å²) < 4.78 is 16.5. The Balaban J connectivity index is 1.44. The van der Waals surface area contributed by atoms with E-state index in [4.69, 9.17) is 14.2 Å². The lowest BCUT2D eigenvalue weighted by Crippen LogP contribution is -2.42. The molecule has 0 aliphatic heterocycles. The highest BCUT2D eigenvalue weighted by Crippen LogP contribution is 2.36. The van der Waals surface area contributed by atoms with Crippen LogP contribution >= 0.6 is 11.3 Å². The van der Waals surface area contributed by atoms with E-state index in [0.29, 0.717) is 27.1 Å². The first-order valence-electron chi connectivity index (χ1n) is 11.8. The monoisotopic (exact) mass is 513 g/mol. The van der Waals surface area contributed by atoms with Crippen molar-refractivity contribution < 1.29 is 23.8 Å². The Kier molecular flexibility index (Phi) is 7.58. The van der Waals surface area contributed by atoms with Gasteiger partial charge < -0.3 is 24.8 Å². The summed E-state index contributed by atoms with van der Waals surface area (Å²) in [7, 11) is 1.36. The number of hydrogen-bond donors (Lipinski definition) is 2. The van der Waals surface area contributed by atoms with Gasteiger partial charge in [-0.3, -0.25) is 0 Å². The number of anilines is 2. The van der Waals surface area contributed by atoms with Gasteiger partial charge >= 0.3 is 12.1 Å². The fraction of sp³-hybridized carbons (Fsp3) is 0.480. The molecule has 3 aromatic rings. The van der Waals surface area contributed by atoms with Crippen molar-refractivity contribution in [3.8, 4) is 5.88 Å². The largest absolute Gasteiger partial charge is 0.473 e. The highest BCUT2D eigenvalue weighted by Gasteiger charge is 2.27. The summed E-state index contributed by atoms with van der Waals surface area (Å²) >= 11 is 1.27. The van der Waals surface area contributed by atoms with E-state index in [1.807, 2.05) is 39.8 Å². The maximum absolute atomic E-state index is 12.2. The Labute approximate surface area is 213 Å². The van der Waals surface area contributed by atoms with E-state index >= 15 is 0 Å². The van der Waals surface area contributed by atoms with E-state index in [1.165, 1.54) is 24.8 Å². The van der Waals surface area contributed by atoms with Gasteiger partial charge in [0.1, 0.15) is 39.2 Å². The fourth-order valence-corrected chi connectivity index (χ4v) is 5.19. The lowest BCUT2D eigenvalue weighted by molar-refractivity contribution is 0.0469. The van der Waals surface area contributed by atoms with Crippen LogP contribution in [-0.2, 0) is 9.47 Å². The van der Waals surface area contributed by atoms with E-state index in [-0.39, 0.29) is 12.1 Å². The smallest absolute Gasteiger partial charge is 0.407 e. The Hall–Kier alpha value is -3.47. The highest BCUT2D eigenvalue weighted by atomic mass is 32.1. The van der Waals surface area contributed by atoms with Gasteiger partial charge in [-0.1, -0.05) is 0 Å². The number of methoxy groups -OCH3 is 1. The van der Waals surface area contributed by atoms with Crippen LogP contribution in [0.1, 0.15) is 61.7 Å². The predicted molar refractivity (Wildman–Crippen MR) is 137 cm³/mol. The van der Waals surface area contributed by atoms with Crippen molar-refractivity contribution in [2.24, 2.45) is 0 Å². The number of carbonyl (C=O) groups is 2. The van der Waals surface area contributed by atoms with Gasteiger partial charge in [-0.05, 0) is 71.1 Å². The second kappa shape index (κ2) is 10.7. The van der Waals surface area contributed by atoms with Crippen LogP contribution in [0.5, 0.6) is 5.88 Å². The van der Waals surface area contributed by atoms with Crippen LogP contribution in [0.25, 0.3) is 10.2 Å². The molecule has 0 atom stereocenters. The van der Waals surface area contributed by atoms with Crippen LogP contribution < -0.4 is 15.4 Å². The van der Waals surface area contributed by atoms with E-state index in [0.717, 1.165) is 36.6 Å². The molecule has 1 aliphatic carbocycles. The molecule has 11 heteroatoms.